The molecule has 15 nitrogen and oxygen atoms in total. The van der Waals surface area contributed by atoms with Gasteiger partial charge in [0, 0.05) is 56.6 Å². The average Bonchev–Trinajstić information content (AvgIpc) is 3.24. The third kappa shape index (κ3) is 9.53. The van der Waals surface area contributed by atoms with Crippen molar-refractivity contribution in [1.82, 2.24) is 10.2 Å². The molecule has 2 heterocycles. The van der Waals surface area contributed by atoms with Crippen molar-refractivity contribution in [2.75, 3.05) is 32.9 Å². The average molecular weight is 581 g/mol. The van der Waals surface area contributed by atoms with Gasteiger partial charge in [-0.3, -0.25) is 24.1 Å². The van der Waals surface area contributed by atoms with Gasteiger partial charge in [0.2, 0.25) is 12.2 Å². The number of carbonyl (C=O) groups is 5. The Hall–Kier alpha value is -4.05. The number of nitrogens with one attached hydrogen (secondary N) is 1. The number of benzene rings is 1. The molecule has 0 radical (unpaired) electrons. The molecule has 4 N–H and O–H groups in total. The highest BCUT2D eigenvalue weighted by Gasteiger charge is 2.42. The van der Waals surface area contributed by atoms with E-state index in [4.69, 9.17) is 23.7 Å². The summed E-state index contributed by atoms with van der Waals surface area (Å²) >= 11 is 0. The molecule has 1 saturated heterocycles. The van der Waals surface area contributed by atoms with Gasteiger partial charge in [0.05, 0.1) is 19.3 Å². The van der Waals surface area contributed by atoms with E-state index >= 15 is 0 Å². The van der Waals surface area contributed by atoms with Crippen LogP contribution >= 0.6 is 0 Å². The van der Waals surface area contributed by atoms with Gasteiger partial charge in [-0.05, 0) is 12.1 Å². The number of aliphatic hydroxyl groups is 2. The fraction of sp³-hybridized carbons (Fsp3) is 0.500. The predicted octanol–water partition coefficient (Wildman–Crippen LogP) is -1.12. The molecule has 224 valence electrons. The summed E-state index contributed by atoms with van der Waals surface area (Å²) in [7, 11) is 0. The van der Waals surface area contributed by atoms with Gasteiger partial charge in [0.15, 0.2) is 6.10 Å². The molecular weight excluding hydrogens is 548 g/mol. The number of aliphatic carboxylic acids is 1. The monoisotopic (exact) mass is 580 g/mol. The van der Waals surface area contributed by atoms with E-state index in [1.807, 2.05) is 0 Å². The van der Waals surface area contributed by atoms with Gasteiger partial charge in [-0.1, -0.05) is 0 Å². The third-order valence-corrected chi connectivity index (χ3v) is 5.94. The number of rotatable bonds is 15. The summed E-state index contributed by atoms with van der Waals surface area (Å²) in [5, 5.41) is 31.8. The van der Waals surface area contributed by atoms with Crippen LogP contribution in [0.25, 0.3) is 0 Å². The number of nitrogens with zero attached hydrogens (tertiary/aromatic N) is 1. The molecule has 1 fully saturated rings. The van der Waals surface area contributed by atoms with E-state index in [2.05, 4.69) is 5.32 Å². The summed E-state index contributed by atoms with van der Waals surface area (Å²) in [6, 6.07) is 4.64. The van der Waals surface area contributed by atoms with Gasteiger partial charge in [-0.15, -0.1) is 0 Å². The lowest BCUT2D eigenvalue weighted by molar-refractivity contribution is -0.228. The van der Waals surface area contributed by atoms with Gasteiger partial charge in [0.25, 0.3) is 11.8 Å². The van der Waals surface area contributed by atoms with Crippen LogP contribution in [0.2, 0.25) is 0 Å². The first kappa shape index (κ1) is 31.5. The molecule has 15 heteroatoms. The number of carboxylic acids is 1. The molecule has 4 atom stereocenters. The van der Waals surface area contributed by atoms with Crippen molar-refractivity contribution in [3.8, 4) is 11.5 Å². The van der Waals surface area contributed by atoms with Crippen molar-refractivity contribution < 1.29 is 63.0 Å². The summed E-state index contributed by atoms with van der Waals surface area (Å²) < 4.78 is 27.2. The Labute approximate surface area is 234 Å². The summed E-state index contributed by atoms with van der Waals surface area (Å²) in [6.07, 6.45) is -3.86. The molecule has 0 bridgehead atoms. The molecule has 1 aromatic rings. The fourth-order valence-electron chi connectivity index (χ4n) is 3.83. The van der Waals surface area contributed by atoms with Crippen molar-refractivity contribution in [3.63, 3.8) is 0 Å². The first-order chi connectivity index (χ1) is 19.5. The van der Waals surface area contributed by atoms with Crippen molar-refractivity contribution in [2.24, 2.45) is 0 Å². The van der Waals surface area contributed by atoms with E-state index in [-0.39, 0.29) is 64.0 Å². The second-order valence-corrected chi connectivity index (χ2v) is 9.01. The Kier molecular flexibility index (Phi) is 11.6. The Morgan fingerprint density at radius 3 is 2.51 bits per heavy atom. The number of hydrogen-bond donors (Lipinski definition) is 4. The zero-order valence-corrected chi connectivity index (χ0v) is 22.2. The molecule has 41 heavy (non-hydrogen) atoms. The van der Waals surface area contributed by atoms with Crippen LogP contribution in [0.5, 0.6) is 11.5 Å². The minimum absolute atomic E-state index is 0.00782. The van der Waals surface area contributed by atoms with Crippen molar-refractivity contribution in [2.45, 2.75) is 51.0 Å². The second-order valence-electron chi connectivity index (χ2n) is 9.01. The van der Waals surface area contributed by atoms with Crippen LogP contribution in [0.15, 0.2) is 30.4 Å². The summed E-state index contributed by atoms with van der Waals surface area (Å²) in [5.74, 6) is -2.73. The molecule has 0 aromatic heterocycles. The topological polar surface area (TPSA) is 207 Å². The molecule has 0 saturated carbocycles. The van der Waals surface area contributed by atoms with E-state index in [0.29, 0.717) is 11.3 Å². The minimum atomic E-state index is -1.70. The lowest BCUT2D eigenvalue weighted by atomic mass is 10.0. The van der Waals surface area contributed by atoms with Crippen LogP contribution in [-0.2, 0) is 44.8 Å². The summed E-state index contributed by atoms with van der Waals surface area (Å²) in [6.45, 7) is 1.76. The number of ether oxygens (including phenoxy) is 5. The van der Waals surface area contributed by atoms with Crippen LogP contribution in [0, 0.1) is 0 Å². The molecule has 1 aromatic carbocycles. The Bertz CT molecular complexity index is 1140. The SMILES string of the molecule is CC(=O)OCc1ccc(OCCOCCNC(=O)CCN2C(=O)C=CC2=O)cc1OC1CC(O)[C@H](O)C(C(=O)O)O1. The lowest BCUT2D eigenvalue weighted by Crippen LogP contribution is -2.53. The quantitative estimate of drug-likeness (QED) is 0.110. The van der Waals surface area contributed by atoms with Gasteiger partial charge in [-0.25, -0.2) is 4.79 Å². The second kappa shape index (κ2) is 15.1. The molecular formula is C26H32N2O13. The maximum Gasteiger partial charge on any atom is 0.335 e. The number of hydrogen-bond acceptors (Lipinski definition) is 12. The minimum Gasteiger partial charge on any atom is -0.491 e. The van der Waals surface area contributed by atoms with E-state index in [1.54, 1.807) is 12.1 Å². The largest absolute Gasteiger partial charge is 0.491 e. The van der Waals surface area contributed by atoms with Gasteiger partial charge in [0.1, 0.15) is 30.8 Å². The fourth-order valence-corrected chi connectivity index (χ4v) is 3.83. The number of aliphatic hydroxyl groups excluding tert-OH is 2. The summed E-state index contributed by atoms with van der Waals surface area (Å²) in [4.78, 5) is 58.5. The van der Waals surface area contributed by atoms with Crippen LogP contribution in [0.1, 0.15) is 25.3 Å². The molecule has 3 unspecified atom stereocenters. The standard InChI is InChI=1S/C26H32N2O13/c1-15(29)39-14-16-2-3-17(12-19(16)40-23-13-18(30)24(34)25(41-23)26(35)36)38-11-10-37-9-7-27-20(31)6-8-28-21(32)4-5-22(28)33/h2-5,12,18,23-25,30,34H,6-11,13-14H2,1H3,(H,27,31)(H,35,36)/t18?,23?,24-,25?/m0/s1. The number of carboxylic acid groups (broad SMARTS) is 1. The normalized spacial score (nSPS) is 22.0. The van der Waals surface area contributed by atoms with Gasteiger partial charge < -0.3 is 44.3 Å². The molecule has 0 spiro atoms. The van der Waals surface area contributed by atoms with Crippen LogP contribution < -0.4 is 14.8 Å². The highest BCUT2D eigenvalue weighted by molar-refractivity contribution is 6.13. The predicted molar refractivity (Wildman–Crippen MR) is 135 cm³/mol. The maximum absolute atomic E-state index is 11.9. The lowest BCUT2D eigenvalue weighted by Gasteiger charge is -2.35. The first-order valence-corrected chi connectivity index (χ1v) is 12.7. The Balaban J connectivity index is 1.43. The molecule has 0 aliphatic carbocycles. The van der Waals surface area contributed by atoms with Crippen LogP contribution in [0.4, 0.5) is 0 Å². The van der Waals surface area contributed by atoms with Crippen molar-refractivity contribution in [1.29, 1.82) is 0 Å². The van der Waals surface area contributed by atoms with Gasteiger partial charge >= 0.3 is 11.9 Å². The Morgan fingerprint density at radius 2 is 1.83 bits per heavy atom. The van der Waals surface area contributed by atoms with Crippen LogP contribution in [-0.4, -0.2) is 107 Å². The van der Waals surface area contributed by atoms with E-state index in [0.717, 1.165) is 17.1 Å². The number of imide groups is 1. The number of esters is 1. The zero-order chi connectivity index (χ0) is 29.9. The molecule has 2 aliphatic rings. The molecule has 3 amide bonds. The Morgan fingerprint density at radius 1 is 1.10 bits per heavy atom. The zero-order valence-electron chi connectivity index (χ0n) is 22.2. The maximum atomic E-state index is 11.9. The first-order valence-electron chi connectivity index (χ1n) is 12.7. The number of carbonyl (C=O) groups excluding carboxylic acids is 4. The molecule has 2 aliphatic heterocycles. The van der Waals surface area contributed by atoms with Crippen molar-refractivity contribution >= 4 is 29.7 Å². The molecule has 3 rings (SSSR count). The van der Waals surface area contributed by atoms with Crippen LogP contribution in [0.3, 0.4) is 0 Å². The number of amides is 3. The highest BCUT2D eigenvalue weighted by atomic mass is 16.7. The third-order valence-electron chi connectivity index (χ3n) is 5.94. The highest BCUT2D eigenvalue weighted by Crippen LogP contribution is 2.30. The van der Waals surface area contributed by atoms with Gasteiger partial charge in [-0.2, -0.15) is 0 Å². The van der Waals surface area contributed by atoms with E-state index in [1.165, 1.54) is 13.0 Å². The smallest absolute Gasteiger partial charge is 0.335 e. The van der Waals surface area contributed by atoms with E-state index < -0.39 is 48.4 Å². The van der Waals surface area contributed by atoms with E-state index in [9.17, 15) is 39.3 Å². The van der Waals surface area contributed by atoms with Crippen molar-refractivity contribution in [3.05, 3.63) is 35.9 Å². The summed E-state index contributed by atoms with van der Waals surface area (Å²) in [5.41, 5.74) is 0.422.